The standard InChI is InChI=1S/C16H24O2/c1-5-13-7-11(3)8-15(10-13)14(6-2)9-12(4)16(17)18/h7-8,10,12,14H,5-6,9H2,1-4H3,(H,17,18). The van der Waals surface area contributed by atoms with Gasteiger partial charge in [0, 0.05) is 0 Å². The monoisotopic (exact) mass is 248 g/mol. The Balaban J connectivity index is 2.94. The molecule has 2 atom stereocenters. The molecule has 2 heteroatoms. The molecule has 18 heavy (non-hydrogen) atoms. The Hall–Kier alpha value is -1.31. The fourth-order valence-corrected chi connectivity index (χ4v) is 2.40. The van der Waals surface area contributed by atoms with Crippen LogP contribution in [0.3, 0.4) is 0 Å². The second-order valence-electron chi connectivity index (χ2n) is 5.19. The maximum Gasteiger partial charge on any atom is 0.306 e. The van der Waals surface area contributed by atoms with Crippen molar-refractivity contribution >= 4 is 5.97 Å². The van der Waals surface area contributed by atoms with Crippen LogP contribution in [0.2, 0.25) is 0 Å². The average Bonchev–Trinajstić information content (AvgIpc) is 2.34. The Morgan fingerprint density at radius 1 is 1.28 bits per heavy atom. The Morgan fingerprint density at radius 3 is 2.44 bits per heavy atom. The number of rotatable bonds is 6. The summed E-state index contributed by atoms with van der Waals surface area (Å²) in [6, 6.07) is 6.63. The molecule has 100 valence electrons. The van der Waals surface area contributed by atoms with Gasteiger partial charge >= 0.3 is 5.97 Å². The number of hydrogen-bond acceptors (Lipinski definition) is 1. The van der Waals surface area contributed by atoms with E-state index >= 15 is 0 Å². The predicted octanol–water partition coefficient (Wildman–Crippen LogP) is 4.16. The number of aryl methyl sites for hydroxylation is 2. The lowest BCUT2D eigenvalue weighted by atomic mass is 9.86. The Labute approximate surface area is 110 Å². The molecule has 1 aromatic carbocycles. The first kappa shape index (κ1) is 14.7. The molecule has 0 saturated heterocycles. The molecule has 0 aliphatic rings. The molecule has 2 unspecified atom stereocenters. The van der Waals surface area contributed by atoms with Gasteiger partial charge in [0.1, 0.15) is 0 Å². The Kier molecular flexibility index (Phi) is 5.39. The molecule has 2 nitrogen and oxygen atoms in total. The van der Waals surface area contributed by atoms with Gasteiger partial charge in [-0.3, -0.25) is 4.79 Å². The van der Waals surface area contributed by atoms with E-state index in [4.69, 9.17) is 5.11 Å². The summed E-state index contributed by atoms with van der Waals surface area (Å²) >= 11 is 0. The first-order valence-corrected chi connectivity index (χ1v) is 6.81. The van der Waals surface area contributed by atoms with Crippen molar-refractivity contribution in [3.05, 3.63) is 34.9 Å². The molecule has 0 aliphatic carbocycles. The summed E-state index contributed by atoms with van der Waals surface area (Å²) in [6.45, 7) is 8.18. The number of hydrogen-bond donors (Lipinski definition) is 1. The Morgan fingerprint density at radius 2 is 1.94 bits per heavy atom. The zero-order valence-electron chi connectivity index (χ0n) is 11.9. The van der Waals surface area contributed by atoms with Crippen LogP contribution in [0.25, 0.3) is 0 Å². The third-order valence-electron chi connectivity index (χ3n) is 3.59. The third kappa shape index (κ3) is 3.86. The lowest BCUT2D eigenvalue weighted by molar-refractivity contribution is -0.141. The van der Waals surface area contributed by atoms with Crippen LogP contribution in [-0.2, 0) is 11.2 Å². The summed E-state index contributed by atoms with van der Waals surface area (Å²) in [4.78, 5) is 11.0. The highest BCUT2D eigenvalue weighted by molar-refractivity contribution is 5.69. The SMILES string of the molecule is CCc1cc(C)cc(C(CC)CC(C)C(=O)O)c1. The van der Waals surface area contributed by atoms with Crippen molar-refractivity contribution in [3.63, 3.8) is 0 Å². The maximum absolute atomic E-state index is 11.0. The van der Waals surface area contributed by atoms with Crippen molar-refractivity contribution in [1.29, 1.82) is 0 Å². The average molecular weight is 248 g/mol. The van der Waals surface area contributed by atoms with E-state index in [0.717, 1.165) is 19.3 Å². The van der Waals surface area contributed by atoms with E-state index in [9.17, 15) is 4.79 Å². The number of aliphatic carboxylic acids is 1. The minimum absolute atomic E-state index is 0.277. The molecule has 1 rings (SSSR count). The molecule has 0 radical (unpaired) electrons. The minimum atomic E-state index is -0.697. The normalized spacial score (nSPS) is 14.2. The number of benzene rings is 1. The first-order valence-electron chi connectivity index (χ1n) is 6.81. The zero-order chi connectivity index (χ0) is 13.7. The highest BCUT2D eigenvalue weighted by Crippen LogP contribution is 2.28. The van der Waals surface area contributed by atoms with Crippen molar-refractivity contribution in [3.8, 4) is 0 Å². The van der Waals surface area contributed by atoms with E-state index in [1.807, 2.05) is 0 Å². The fraction of sp³-hybridized carbons (Fsp3) is 0.562. The molecule has 0 amide bonds. The highest BCUT2D eigenvalue weighted by atomic mass is 16.4. The van der Waals surface area contributed by atoms with Crippen molar-refractivity contribution in [2.75, 3.05) is 0 Å². The van der Waals surface area contributed by atoms with Crippen molar-refractivity contribution in [1.82, 2.24) is 0 Å². The van der Waals surface area contributed by atoms with Crippen LogP contribution in [0.5, 0.6) is 0 Å². The van der Waals surface area contributed by atoms with E-state index in [1.165, 1.54) is 16.7 Å². The molecular formula is C16H24O2. The number of carboxylic acid groups (broad SMARTS) is 1. The molecule has 0 fully saturated rings. The highest BCUT2D eigenvalue weighted by Gasteiger charge is 2.18. The van der Waals surface area contributed by atoms with Crippen LogP contribution >= 0.6 is 0 Å². The lowest BCUT2D eigenvalue weighted by Crippen LogP contribution is -2.13. The van der Waals surface area contributed by atoms with Gasteiger partial charge in [-0.15, -0.1) is 0 Å². The van der Waals surface area contributed by atoms with Gasteiger partial charge in [-0.2, -0.15) is 0 Å². The predicted molar refractivity (Wildman–Crippen MR) is 75.0 cm³/mol. The molecule has 1 aromatic rings. The van der Waals surface area contributed by atoms with Crippen LogP contribution in [0, 0.1) is 12.8 Å². The topological polar surface area (TPSA) is 37.3 Å². The van der Waals surface area contributed by atoms with E-state index in [-0.39, 0.29) is 5.92 Å². The summed E-state index contributed by atoms with van der Waals surface area (Å²) in [6.07, 6.45) is 2.74. The molecule has 0 aromatic heterocycles. The molecule has 0 heterocycles. The van der Waals surface area contributed by atoms with Gasteiger partial charge in [-0.05, 0) is 43.2 Å². The summed E-state index contributed by atoms with van der Waals surface area (Å²) in [5.41, 5.74) is 3.90. The first-order chi connectivity index (χ1) is 8.47. The van der Waals surface area contributed by atoms with E-state index < -0.39 is 5.97 Å². The largest absolute Gasteiger partial charge is 0.481 e. The molecule has 0 aliphatic heterocycles. The van der Waals surface area contributed by atoms with Crippen LogP contribution in [0.4, 0.5) is 0 Å². The smallest absolute Gasteiger partial charge is 0.306 e. The molecule has 1 N–H and O–H groups in total. The second-order valence-corrected chi connectivity index (χ2v) is 5.19. The van der Waals surface area contributed by atoms with Gasteiger partial charge in [0.05, 0.1) is 5.92 Å². The summed E-state index contributed by atoms with van der Waals surface area (Å²) in [5.74, 6) is -0.626. The van der Waals surface area contributed by atoms with Crippen LogP contribution in [0.15, 0.2) is 18.2 Å². The van der Waals surface area contributed by atoms with E-state index in [2.05, 4.69) is 39.0 Å². The van der Waals surface area contributed by atoms with Crippen molar-refractivity contribution < 1.29 is 9.90 Å². The van der Waals surface area contributed by atoms with E-state index in [1.54, 1.807) is 6.92 Å². The van der Waals surface area contributed by atoms with Crippen LogP contribution in [-0.4, -0.2) is 11.1 Å². The molecule has 0 bridgehead atoms. The van der Waals surface area contributed by atoms with Crippen LogP contribution < -0.4 is 0 Å². The summed E-state index contributed by atoms with van der Waals surface area (Å²) in [5, 5.41) is 9.03. The van der Waals surface area contributed by atoms with Gasteiger partial charge in [-0.1, -0.05) is 44.5 Å². The second kappa shape index (κ2) is 6.58. The van der Waals surface area contributed by atoms with Gasteiger partial charge in [0.15, 0.2) is 0 Å². The fourth-order valence-electron chi connectivity index (χ4n) is 2.40. The van der Waals surface area contributed by atoms with Gasteiger partial charge < -0.3 is 5.11 Å². The quantitative estimate of drug-likeness (QED) is 0.820. The minimum Gasteiger partial charge on any atom is -0.481 e. The van der Waals surface area contributed by atoms with Gasteiger partial charge in [-0.25, -0.2) is 0 Å². The number of carboxylic acids is 1. The molecule has 0 spiro atoms. The molecular weight excluding hydrogens is 224 g/mol. The lowest BCUT2D eigenvalue weighted by Gasteiger charge is -2.19. The van der Waals surface area contributed by atoms with E-state index in [0.29, 0.717) is 5.92 Å². The zero-order valence-corrected chi connectivity index (χ0v) is 11.9. The maximum atomic E-state index is 11.0. The summed E-state index contributed by atoms with van der Waals surface area (Å²) in [7, 11) is 0. The number of carbonyl (C=O) groups is 1. The third-order valence-corrected chi connectivity index (χ3v) is 3.59. The van der Waals surface area contributed by atoms with Crippen molar-refractivity contribution in [2.24, 2.45) is 5.92 Å². The van der Waals surface area contributed by atoms with Crippen molar-refractivity contribution in [2.45, 2.75) is 52.9 Å². The van der Waals surface area contributed by atoms with Crippen LogP contribution in [0.1, 0.15) is 56.2 Å². The van der Waals surface area contributed by atoms with Gasteiger partial charge in [0.2, 0.25) is 0 Å². The summed E-state index contributed by atoms with van der Waals surface area (Å²) < 4.78 is 0. The Bertz CT molecular complexity index is 410. The molecule has 0 saturated carbocycles. The van der Waals surface area contributed by atoms with Gasteiger partial charge in [0.25, 0.3) is 0 Å².